The van der Waals surface area contributed by atoms with Gasteiger partial charge in [0, 0.05) is 16.7 Å². The van der Waals surface area contributed by atoms with Crippen LogP contribution in [-0.2, 0) is 9.05 Å². The molecule has 1 aromatic carbocycles. The molecule has 21 heavy (non-hydrogen) atoms. The van der Waals surface area contributed by atoms with Crippen molar-refractivity contribution < 1.29 is 18.1 Å². The number of hydrogen-bond acceptors (Lipinski definition) is 5. The summed E-state index contributed by atoms with van der Waals surface area (Å²) in [6, 6.07) is 2.32. The van der Waals surface area contributed by atoms with Crippen molar-refractivity contribution in [2.45, 2.75) is 37.5 Å². The lowest BCUT2D eigenvalue weighted by molar-refractivity contribution is -0.386. The van der Waals surface area contributed by atoms with Crippen LogP contribution in [0.1, 0.15) is 31.2 Å². The lowest BCUT2D eigenvalue weighted by Crippen LogP contribution is -2.10. The predicted octanol–water partition coefficient (Wildman–Crippen LogP) is 3.40. The summed E-state index contributed by atoms with van der Waals surface area (Å²) in [6.45, 7) is 1.94. The summed E-state index contributed by atoms with van der Waals surface area (Å²) in [5.74, 6) is 0.495. The molecule has 0 spiro atoms. The highest BCUT2D eigenvalue weighted by atomic mass is 35.7. The largest absolute Gasteiger partial charge is 0.487 e. The highest BCUT2D eigenvalue weighted by Crippen LogP contribution is 2.35. The molecule has 0 unspecified atom stereocenters. The smallest absolute Gasteiger partial charge is 0.312 e. The van der Waals surface area contributed by atoms with Gasteiger partial charge in [-0.1, -0.05) is 12.8 Å². The van der Waals surface area contributed by atoms with Gasteiger partial charge < -0.3 is 4.74 Å². The molecule has 1 saturated carbocycles. The molecule has 0 amide bonds. The van der Waals surface area contributed by atoms with E-state index in [1.165, 1.54) is 13.0 Å². The Hall–Kier alpha value is -1.34. The predicted molar refractivity (Wildman–Crippen MR) is 78.3 cm³/mol. The Bertz CT molecular complexity index is 653. The topological polar surface area (TPSA) is 86.5 Å². The zero-order valence-corrected chi connectivity index (χ0v) is 13.1. The minimum absolute atomic E-state index is 0.0912. The zero-order chi connectivity index (χ0) is 15.6. The number of ether oxygens (including phenoxy) is 1. The maximum Gasteiger partial charge on any atom is 0.312 e. The van der Waals surface area contributed by atoms with Crippen molar-refractivity contribution in [1.82, 2.24) is 0 Å². The first-order valence-electron chi connectivity index (χ1n) is 6.65. The average molecular weight is 334 g/mol. The Kier molecular flexibility index (Phi) is 4.73. The van der Waals surface area contributed by atoms with E-state index in [1.54, 1.807) is 0 Å². The van der Waals surface area contributed by atoms with E-state index in [-0.39, 0.29) is 16.3 Å². The number of nitro benzene ring substituents is 1. The summed E-state index contributed by atoms with van der Waals surface area (Å²) < 4.78 is 28.4. The summed E-state index contributed by atoms with van der Waals surface area (Å²) >= 11 is 0. The van der Waals surface area contributed by atoms with E-state index >= 15 is 0 Å². The molecule has 0 heterocycles. The van der Waals surface area contributed by atoms with E-state index in [0.717, 1.165) is 31.7 Å². The van der Waals surface area contributed by atoms with E-state index in [2.05, 4.69) is 0 Å². The van der Waals surface area contributed by atoms with Gasteiger partial charge in [0.05, 0.1) is 16.4 Å². The zero-order valence-electron chi connectivity index (χ0n) is 11.5. The van der Waals surface area contributed by atoms with Crippen LogP contribution in [0.5, 0.6) is 5.75 Å². The highest BCUT2D eigenvalue weighted by molar-refractivity contribution is 8.13. The van der Waals surface area contributed by atoms with Crippen LogP contribution in [0.25, 0.3) is 0 Å². The molecule has 1 fully saturated rings. The SMILES string of the molecule is Cc1cc(OCC2CCCC2)c([N+](=O)[O-])cc1S(=O)(=O)Cl. The van der Waals surface area contributed by atoms with Crippen molar-refractivity contribution in [2.75, 3.05) is 6.61 Å². The van der Waals surface area contributed by atoms with Crippen molar-refractivity contribution >= 4 is 25.4 Å². The summed E-state index contributed by atoms with van der Waals surface area (Å²) in [7, 11) is 1.26. The van der Waals surface area contributed by atoms with Gasteiger partial charge in [-0.25, -0.2) is 8.42 Å². The first kappa shape index (κ1) is 16.0. The van der Waals surface area contributed by atoms with Crippen molar-refractivity contribution in [2.24, 2.45) is 5.92 Å². The molecule has 0 N–H and O–H groups in total. The molecule has 0 radical (unpaired) electrons. The van der Waals surface area contributed by atoms with Crippen LogP contribution in [0.2, 0.25) is 0 Å². The average Bonchev–Trinajstić information content (AvgIpc) is 2.87. The van der Waals surface area contributed by atoms with Crippen LogP contribution < -0.4 is 4.74 Å². The van der Waals surface area contributed by atoms with Gasteiger partial charge in [-0.15, -0.1) is 0 Å². The fraction of sp³-hybridized carbons (Fsp3) is 0.538. The lowest BCUT2D eigenvalue weighted by Gasteiger charge is -2.13. The number of rotatable bonds is 5. The highest BCUT2D eigenvalue weighted by Gasteiger charge is 2.25. The fourth-order valence-electron chi connectivity index (χ4n) is 2.56. The van der Waals surface area contributed by atoms with Crippen LogP contribution >= 0.6 is 10.7 Å². The van der Waals surface area contributed by atoms with Crippen molar-refractivity contribution in [3.63, 3.8) is 0 Å². The van der Waals surface area contributed by atoms with Gasteiger partial charge in [0.25, 0.3) is 9.05 Å². The molecule has 0 aliphatic heterocycles. The van der Waals surface area contributed by atoms with Gasteiger partial charge in [-0.05, 0) is 37.3 Å². The molecule has 0 atom stereocenters. The molecular formula is C13H16ClNO5S. The summed E-state index contributed by atoms with van der Waals surface area (Å²) in [5, 5.41) is 11.1. The summed E-state index contributed by atoms with van der Waals surface area (Å²) in [5.41, 5.74) is -0.0464. The van der Waals surface area contributed by atoms with Gasteiger partial charge in [0.2, 0.25) is 0 Å². The standard InChI is InChI=1S/C13H16ClNO5S/c1-9-6-12(20-8-10-4-2-3-5-10)11(15(16)17)7-13(9)21(14,18)19/h6-7,10H,2-5,8H2,1H3. The maximum atomic E-state index is 11.4. The first-order valence-corrected chi connectivity index (χ1v) is 8.96. The second-order valence-corrected chi connectivity index (χ2v) is 7.78. The molecule has 2 rings (SSSR count). The Labute approximate surface area is 127 Å². The maximum absolute atomic E-state index is 11.4. The Morgan fingerprint density at radius 2 is 2.00 bits per heavy atom. The number of halogens is 1. The Morgan fingerprint density at radius 1 is 1.38 bits per heavy atom. The van der Waals surface area contributed by atoms with E-state index < -0.39 is 14.0 Å². The van der Waals surface area contributed by atoms with Crippen molar-refractivity contribution in [1.29, 1.82) is 0 Å². The van der Waals surface area contributed by atoms with Crippen LogP contribution in [-0.4, -0.2) is 19.9 Å². The molecule has 8 heteroatoms. The number of aryl methyl sites for hydroxylation is 1. The Balaban J connectivity index is 2.31. The Morgan fingerprint density at radius 3 is 2.52 bits per heavy atom. The minimum atomic E-state index is -4.02. The van der Waals surface area contributed by atoms with Crippen LogP contribution in [0.15, 0.2) is 17.0 Å². The molecule has 116 valence electrons. The second kappa shape index (κ2) is 6.19. The van der Waals surface area contributed by atoms with Gasteiger partial charge in [0.1, 0.15) is 0 Å². The lowest BCUT2D eigenvalue weighted by atomic mass is 10.1. The molecule has 6 nitrogen and oxygen atoms in total. The molecule has 1 aliphatic rings. The van der Waals surface area contributed by atoms with E-state index in [0.29, 0.717) is 18.1 Å². The quantitative estimate of drug-likeness (QED) is 0.468. The first-order chi connectivity index (χ1) is 9.79. The van der Waals surface area contributed by atoms with Crippen LogP contribution in [0.4, 0.5) is 5.69 Å². The number of benzene rings is 1. The number of nitrogens with zero attached hydrogens (tertiary/aromatic N) is 1. The van der Waals surface area contributed by atoms with Crippen LogP contribution in [0, 0.1) is 23.0 Å². The third kappa shape index (κ3) is 3.85. The van der Waals surface area contributed by atoms with Crippen molar-refractivity contribution in [3.05, 3.63) is 27.8 Å². The molecular weight excluding hydrogens is 318 g/mol. The fourth-order valence-corrected chi connectivity index (χ4v) is 3.75. The minimum Gasteiger partial charge on any atom is -0.487 e. The van der Waals surface area contributed by atoms with Crippen LogP contribution in [0.3, 0.4) is 0 Å². The molecule has 1 aromatic rings. The third-order valence-electron chi connectivity index (χ3n) is 3.67. The summed E-state index contributed by atoms with van der Waals surface area (Å²) in [4.78, 5) is 10.2. The van der Waals surface area contributed by atoms with E-state index in [1.807, 2.05) is 0 Å². The third-order valence-corrected chi connectivity index (χ3v) is 5.13. The van der Waals surface area contributed by atoms with Crippen molar-refractivity contribution in [3.8, 4) is 5.75 Å². The molecule has 0 saturated heterocycles. The molecule has 1 aliphatic carbocycles. The second-order valence-electron chi connectivity index (χ2n) is 5.24. The van der Waals surface area contributed by atoms with Gasteiger partial charge in [-0.3, -0.25) is 10.1 Å². The normalized spacial score (nSPS) is 16.1. The van der Waals surface area contributed by atoms with Gasteiger partial charge in [0.15, 0.2) is 5.75 Å². The molecule has 0 bridgehead atoms. The van der Waals surface area contributed by atoms with E-state index in [4.69, 9.17) is 15.4 Å². The van der Waals surface area contributed by atoms with Gasteiger partial charge >= 0.3 is 5.69 Å². The monoisotopic (exact) mass is 333 g/mol. The number of hydrogen-bond donors (Lipinski definition) is 0. The van der Waals surface area contributed by atoms with E-state index in [9.17, 15) is 18.5 Å². The summed E-state index contributed by atoms with van der Waals surface area (Å²) in [6.07, 6.45) is 4.42. The number of nitro groups is 1. The van der Waals surface area contributed by atoms with Gasteiger partial charge in [-0.2, -0.15) is 0 Å². The molecule has 0 aromatic heterocycles.